The zero-order valence-electron chi connectivity index (χ0n) is 23.6. The number of esters is 1. The third-order valence-electron chi connectivity index (χ3n) is 6.92. The van der Waals surface area contributed by atoms with Crippen molar-refractivity contribution in [3.8, 4) is 0 Å². The Morgan fingerprint density at radius 1 is 0.795 bits per heavy atom. The van der Waals surface area contributed by atoms with E-state index in [4.69, 9.17) is 4.74 Å². The van der Waals surface area contributed by atoms with Crippen LogP contribution in [-0.4, -0.2) is 24.4 Å². The van der Waals surface area contributed by atoms with Gasteiger partial charge in [0.2, 0.25) is 5.91 Å². The van der Waals surface area contributed by atoms with E-state index in [1.165, 1.54) is 6.92 Å². The Labute approximate surface area is 229 Å². The fourth-order valence-electron chi connectivity index (χ4n) is 5.04. The van der Waals surface area contributed by atoms with E-state index in [0.29, 0.717) is 11.4 Å². The summed E-state index contributed by atoms with van der Waals surface area (Å²) in [7, 11) is 0. The standard InChI is InChI=1S/C33H34N2O4/c1-8-39-33(38)28-27(32(37)35(24(7)36)31-22(5)13-10-14-23(31)6)18-25-16-15-19(2)17-26(25)30(28)34-29-20(3)11-9-12-21(29)4/h9-18,34H,8H2,1-7H3. The maximum Gasteiger partial charge on any atom is 0.341 e. The third-order valence-corrected chi connectivity index (χ3v) is 6.92. The Hall–Kier alpha value is -4.45. The average Bonchev–Trinajstić information content (AvgIpc) is 2.87. The van der Waals surface area contributed by atoms with E-state index < -0.39 is 17.8 Å². The predicted octanol–water partition coefficient (Wildman–Crippen LogP) is 7.50. The second-order valence-electron chi connectivity index (χ2n) is 9.91. The monoisotopic (exact) mass is 522 g/mol. The fourth-order valence-corrected chi connectivity index (χ4v) is 5.04. The number of fused-ring (bicyclic) bond motifs is 1. The number of benzene rings is 4. The van der Waals surface area contributed by atoms with Crippen LogP contribution in [0.3, 0.4) is 0 Å². The van der Waals surface area contributed by atoms with E-state index in [1.54, 1.807) is 13.0 Å². The molecule has 4 aromatic carbocycles. The van der Waals surface area contributed by atoms with E-state index in [1.807, 2.05) is 89.2 Å². The number of para-hydroxylation sites is 2. The molecule has 0 fully saturated rings. The molecule has 0 aromatic heterocycles. The lowest BCUT2D eigenvalue weighted by molar-refractivity contribution is -0.116. The lowest BCUT2D eigenvalue weighted by atomic mass is 9.94. The lowest BCUT2D eigenvalue weighted by Gasteiger charge is -2.26. The number of hydrogen-bond acceptors (Lipinski definition) is 5. The molecule has 4 rings (SSSR count). The van der Waals surface area contributed by atoms with E-state index >= 15 is 0 Å². The van der Waals surface area contributed by atoms with Gasteiger partial charge in [-0.1, -0.05) is 54.1 Å². The Bertz CT molecular complexity index is 1580. The van der Waals surface area contributed by atoms with Gasteiger partial charge in [-0.15, -0.1) is 0 Å². The molecule has 0 radical (unpaired) electrons. The summed E-state index contributed by atoms with van der Waals surface area (Å²) in [5.41, 5.74) is 6.56. The number of hydrogen-bond donors (Lipinski definition) is 1. The first-order chi connectivity index (χ1) is 18.5. The van der Waals surface area contributed by atoms with Crippen molar-refractivity contribution in [1.29, 1.82) is 0 Å². The minimum atomic E-state index is -0.636. The molecule has 0 bridgehead atoms. The number of carbonyl (C=O) groups excluding carboxylic acids is 3. The minimum Gasteiger partial charge on any atom is -0.462 e. The number of carbonyl (C=O) groups is 3. The van der Waals surface area contributed by atoms with Crippen LogP contribution in [0.25, 0.3) is 10.8 Å². The summed E-state index contributed by atoms with van der Waals surface area (Å²) in [5, 5.41) is 5.02. The molecular weight excluding hydrogens is 488 g/mol. The smallest absolute Gasteiger partial charge is 0.341 e. The molecule has 0 spiro atoms. The highest BCUT2D eigenvalue weighted by atomic mass is 16.5. The summed E-state index contributed by atoms with van der Waals surface area (Å²) in [5.74, 6) is -1.67. The molecule has 6 heteroatoms. The first-order valence-electron chi connectivity index (χ1n) is 13.0. The SMILES string of the molecule is CCOC(=O)c1c(C(=O)N(C(C)=O)c2c(C)cccc2C)cc2ccc(C)cc2c1Nc1c(C)cccc1C. The number of nitrogens with one attached hydrogen (secondary N) is 1. The van der Waals surface area contributed by atoms with Crippen LogP contribution in [0.5, 0.6) is 0 Å². The second kappa shape index (κ2) is 11.1. The summed E-state index contributed by atoms with van der Waals surface area (Å²) in [6.45, 7) is 12.9. The van der Waals surface area contributed by atoms with Gasteiger partial charge < -0.3 is 10.1 Å². The van der Waals surface area contributed by atoms with Gasteiger partial charge in [-0.2, -0.15) is 0 Å². The van der Waals surface area contributed by atoms with Gasteiger partial charge in [0.05, 0.1) is 29.1 Å². The Kier molecular flexibility index (Phi) is 7.86. The van der Waals surface area contributed by atoms with Gasteiger partial charge in [-0.25, -0.2) is 9.69 Å². The van der Waals surface area contributed by atoms with Crippen molar-refractivity contribution in [2.45, 2.75) is 48.5 Å². The van der Waals surface area contributed by atoms with Crippen LogP contribution in [0.1, 0.15) is 62.4 Å². The molecule has 0 unspecified atom stereocenters. The maximum absolute atomic E-state index is 14.3. The zero-order chi connectivity index (χ0) is 28.4. The highest BCUT2D eigenvalue weighted by Gasteiger charge is 2.32. The van der Waals surface area contributed by atoms with Gasteiger partial charge in [0.25, 0.3) is 5.91 Å². The van der Waals surface area contributed by atoms with Gasteiger partial charge in [0.1, 0.15) is 0 Å². The van der Waals surface area contributed by atoms with Crippen LogP contribution < -0.4 is 10.2 Å². The second-order valence-corrected chi connectivity index (χ2v) is 9.91. The molecule has 200 valence electrons. The lowest BCUT2D eigenvalue weighted by Crippen LogP contribution is -2.37. The number of ether oxygens (including phenoxy) is 1. The third kappa shape index (κ3) is 5.28. The highest BCUT2D eigenvalue weighted by molar-refractivity contribution is 6.26. The minimum absolute atomic E-state index is 0.0939. The molecule has 39 heavy (non-hydrogen) atoms. The summed E-state index contributed by atoms with van der Waals surface area (Å²) in [6, 6.07) is 19.1. The van der Waals surface area contributed by atoms with Crippen molar-refractivity contribution in [3.63, 3.8) is 0 Å². The summed E-state index contributed by atoms with van der Waals surface area (Å²) < 4.78 is 5.50. The predicted molar refractivity (Wildman–Crippen MR) is 157 cm³/mol. The molecular formula is C33H34N2O4. The van der Waals surface area contributed by atoms with Crippen molar-refractivity contribution in [3.05, 3.63) is 99.6 Å². The quantitative estimate of drug-likeness (QED) is 0.265. The summed E-state index contributed by atoms with van der Waals surface area (Å²) in [6.07, 6.45) is 0. The molecule has 0 aliphatic carbocycles. The van der Waals surface area contributed by atoms with E-state index in [0.717, 1.165) is 49.2 Å². The first-order valence-corrected chi connectivity index (χ1v) is 13.0. The van der Waals surface area contributed by atoms with Crippen molar-refractivity contribution in [2.75, 3.05) is 16.8 Å². The molecule has 0 saturated carbocycles. The number of imide groups is 1. The number of amides is 2. The molecule has 6 nitrogen and oxygen atoms in total. The largest absolute Gasteiger partial charge is 0.462 e. The van der Waals surface area contributed by atoms with Crippen molar-refractivity contribution in [1.82, 2.24) is 0 Å². The summed E-state index contributed by atoms with van der Waals surface area (Å²) >= 11 is 0. The highest BCUT2D eigenvalue weighted by Crippen LogP contribution is 2.38. The van der Waals surface area contributed by atoms with E-state index in [2.05, 4.69) is 5.32 Å². The van der Waals surface area contributed by atoms with Crippen LogP contribution >= 0.6 is 0 Å². The molecule has 0 aliphatic rings. The molecule has 0 saturated heterocycles. The molecule has 0 heterocycles. The van der Waals surface area contributed by atoms with Crippen LogP contribution in [0.15, 0.2) is 60.7 Å². The van der Waals surface area contributed by atoms with Crippen LogP contribution in [0.2, 0.25) is 0 Å². The number of aryl methyl sites for hydroxylation is 5. The van der Waals surface area contributed by atoms with Gasteiger partial charge in [0, 0.05) is 18.0 Å². The summed E-state index contributed by atoms with van der Waals surface area (Å²) in [4.78, 5) is 42.1. The Balaban J connectivity index is 2.08. The topological polar surface area (TPSA) is 75.7 Å². The van der Waals surface area contributed by atoms with Gasteiger partial charge >= 0.3 is 5.97 Å². The maximum atomic E-state index is 14.3. The number of nitrogens with zero attached hydrogens (tertiary/aromatic N) is 1. The van der Waals surface area contributed by atoms with Gasteiger partial charge in [-0.05, 0) is 81.3 Å². The molecule has 2 amide bonds. The fraction of sp³-hybridized carbons (Fsp3) is 0.242. The number of anilines is 3. The Morgan fingerprint density at radius 3 is 1.95 bits per heavy atom. The van der Waals surface area contributed by atoms with Gasteiger partial charge in [0.15, 0.2) is 0 Å². The molecule has 1 N–H and O–H groups in total. The molecule has 0 atom stereocenters. The normalized spacial score (nSPS) is 10.8. The van der Waals surface area contributed by atoms with E-state index in [-0.39, 0.29) is 17.7 Å². The van der Waals surface area contributed by atoms with Crippen molar-refractivity contribution >= 4 is 45.6 Å². The van der Waals surface area contributed by atoms with Crippen molar-refractivity contribution < 1.29 is 19.1 Å². The Morgan fingerprint density at radius 2 is 1.38 bits per heavy atom. The van der Waals surface area contributed by atoms with Crippen LogP contribution in [0.4, 0.5) is 17.1 Å². The van der Waals surface area contributed by atoms with E-state index in [9.17, 15) is 14.4 Å². The van der Waals surface area contributed by atoms with Crippen molar-refractivity contribution in [2.24, 2.45) is 0 Å². The average molecular weight is 523 g/mol. The molecule has 4 aromatic rings. The molecule has 0 aliphatic heterocycles. The number of rotatable bonds is 6. The first kappa shape index (κ1) is 27.6. The van der Waals surface area contributed by atoms with Crippen LogP contribution in [-0.2, 0) is 9.53 Å². The van der Waals surface area contributed by atoms with Gasteiger partial charge in [-0.3, -0.25) is 9.59 Å². The van der Waals surface area contributed by atoms with Crippen LogP contribution in [0, 0.1) is 34.6 Å². The zero-order valence-corrected chi connectivity index (χ0v) is 23.6.